The zero-order valence-corrected chi connectivity index (χ0v) is 10.9. The summed E-state index contributed by atoms with van der Waals surface area (Å²) >= 11 is 0. The molecule has 0 aliphatic heterocycles. The Labute approximate surface area is 110 Å². The van der Waals surface area contributed by atoms with Gasteiger partial charge < -0.3 is 20.1 Å². The Hall–Kier alpha value is -2.08. The third-order valence-electron chi connectivity index (χ3n) is 2.75. The number of carbonyl (C=O) groups excluding carboxylic acids is 1. The number of anilines is 1. The standard InChI is InChI=1S/C13H17N3O3/c1-3-19-13(18)10-6-15-12-9(4-5-14-12)11(10)16-8(2)7-17/h4-6,8,17H,3,7H2,1-2H3,(H2,14,15,16)/t8-/m0/s1. The predicted molar refractivity (Wildman–Crippen MR) is 72.2 cm³/mol. The van der Waals surface area contributed by atoms with Crippen molar-refractivity contribution in [1.29, 1.82) is 0 Å². The van der Waals surface area contributed by atoms with Gasteiger partial charge in [-0.25, -0.2) is 9.78 Å². The second kappa shape index (κ2) is 5.71. The Bertz CT molecular complexity index is 580. The van der Waals surface area contributed by atoms with Crippen molar-refractivity contribution in [2.45, 2.75) is 19.9 Å². The molecule has 3 N–H and O–H groups in total. The van der Waals surface area contributed by atoms with E-state index in [1.54, 1.807) is 13.1 Å². The van der Waals surface area contributed by atoms with Gasteiger partial charge in [-0.05, 0) is 19.9 Å². The largest absolute Gasteiger partial charge is 0.462 e. The Kier molecular flexibility index (Phi) is 4.01. The number of H-pyrrole nitrogens is 1. The van der Waals surface area contributed by atoms with Crippen molar-refractivity contribution in [3.8, 4) is 0 Å². The van der Waals surface area contributed by atoms with E-state index in [9.17, 15) is 4.79 Å². The quantitative estimate of drug-likeness (QED) is 0.712. The van der Waals surface area contributed by atoms with E-state index in [4.69, 9.17) is 9.84 Å². The van der Waals surface area contributed by atoms with Crippen LogP contribution < -0.4 is 5.32 Å². The molecule has 0 aliphatic carbocycles. The van der Waals surface area contributed by atoms with Crippen molar-refractivity contribution in [2.24, 2.45) is 0 Å². The fraction of sp³-hybridized carbons (Fsp3) is 0.385. The minimum atomic E-state index is -0.425. The number of esters is 1. The van der Waals surface area contributed by atoms with Crippen molar-refractivity contribution in [2.75, 3.05) is 18.5 Å². The Morgan fingerprint density at radius 1 is 1.63 bits per heavy atom. The number of hydrogen-bond acceptors (Lipinski definition) is 5. The monoisotopic (exact) mass is 263 g/mol. The molecule has 0 aliphatic rings. The molecule has 19 heavy (non-hydrogen) atoms. The third-order valence-corrected chi connectivity index (χ3v) is 2.75. The topological polar surface area (TPSA) is 87.2 Å². The van der Waals surface area contributed by atoms with Gasteiger partial charge in [0.2, 0.25) is 0 Å². The van der Waals surface area contributed by atoms with Gasteiger partial charge in [-0.2, -0.15) is 0 Å². The van der Waals surface area contributed by atoms with Gasteiger partial charge in [-0.15, -0.1) is 0 Å². The molecule has 2 heterocycles. The van der Waals surface area contributed by atoms with Crippen LogP contribution in [-0.2, 0) is 4.74 Å². The van der Waals surface area contributed by atoms with Gasteiger partial charge in [0.05, 0.1) is 18.9 Å². The lowest BCUT2D eigenvalue weighted by Gasteiger charge is -2.16. The molecule has 1 atom stereocenters. The maximum atomic E-state index is 11.9. The van der Waals surface area contributed by atoms with Gasteiger partial charge in [0.25, 0.3) is 0 Å². The molecule has 0 bridgehead atoms. The van der Waals surface area contributed by atoms with Crippen molar-refractivity contribution in [3.05, 3.63) is 24.0 Å². The molecule has 0 saturated heterocycles. The first-order chi connectivity index (χ1) is 9.17. The van der Waals surface area contributed by atoms with Crippen LogP contribution in [-0.4, -0.2) is 40.3 Å². The second-order valence-corrected chi connectivity index (χ2v) is 4.24. The molecular weight excluding hydrogens is 246 g/mol. The van der Waals surface area contributed by atoms with Crippen LogP contribution in [0.5, 0.6) is 0 Å². The molecule has 6 nitrogen and oxygen atoms in total. The first-order valence-corrected chi connectivity index (χ1v) is 6.18. The molecule has 6 heteroatoms. The summed E-state index contributed by atoms with van der Waals surface area (Å²) in [5.74, 6) is -0.425. The van der Waals surface area contributed by atoms with Gasteiger partial charge in [0.15, 0.2) is 0 Å². The van der Waals surface area contributed by atoms with Gasteiger partial charge in [0.1, 0.15) is 11.2 Å². The van der Waals surface area contributed by atoms with E-state index in [0.717, 1.165) is 5.39 Å². The fourth-order valence-corrected chi connectivity index (χ4v) is 1.82. The molecule has 0 fully saturated rings. The maximum Gasteiger partial charge on any atom is 0.341 e. The van der Waals surface area contributed by atoms with Crippen molar-refractivity contribution < 1.29 is 14.6 Å². The van der Waals surface area contributed by atoms with Crippen LogP contribution in [0.2, 0.25) is 0 Å². The number of hydrogen-bond donors (Lipinski definition) is 3. The highest BCUT2D eigenvalue weighted by Crippen LogP contribution is 2.26. The number of aromatic nitrogens is 2. The number of nitrogens with one attached hydrogen (secondary N) is 2. The normalized spacial score (nSPS) is 12.4. The minimum Gasteiger partial charge on any atom is -0.462 e. The number of carbonyl (C=O) groups is 1. The zero-order chi connectivity index (χ0) is 13.8. The lowest BCUT2D eigenvalue weighted by molar-refractivity contribution is 0.0527. The summed E-state index contributed by atoms with van der Waals surface area (Å²) in [6.45, 7) is 3.85. The van der Waals surface area contributed by atoms with E-state index in [0.29, 0.717) is 23.5 Å². The number of nitrogens with zero attached hydrogens (tertiary/aromatic N) is 1. The fourth-order valence-electron chi connectivity index (χ4n) is 1.82. The van der Waals surface area contributed by atoms with Crippen molar-refractivity contribution in [3.63, 3.8) is 0 Å². The molecule has 102 valence electrons. The van der Waals surface area contributed by atoms with E-state index >= 15 is 0 Å². The van der Waals surface area contributed by atoms with Gasteiger partial charge >= 0.3 is 5.97 Å². The van der Waals surface area contributed by atoms with Crippen molar-refractivity contribution in [1.82, 2.24) is 9.97 Å². The highest BCUT2D eigenvalue weighted by molar-refractivity contribution is 6.04. The Morgan fingerprint density at radius 2 is 2.42 bits per heavy atom. The van der Waals surface area contributed by atoms with E-state index in [2.05, 4.69) is 15.3 Å². The third kappa shape index (κ3) is 2.68. The first-order valence-electron chi connectivity index (χ1n) is 6.18. The van der Waals surface area contributed by atoms with Gasteiger partial charge in [0, 0.05) is 23.8 Å². The van der Waals surface area contributed by atoms with Gasteiger partial charge in [-0.3, -0.25) is 0 Å². The van der Waals surface area contributed by atoms with E-state index in [-0.39, 0.29) is 12.6 Å². The molecule has 0 amide bonds. The lowest BCUT2D eigenvalue weighted by atomic mass is 10.1. The first kappa shape index (κ1) is 13.4. The number of pyridine rings is 1. The number of aliphatic hydroxyl groups excluding tert-OH is 1. The summed E-state index contributed by atoms with van der Waals surface area (Å²) < 4.78 is 5.02. The highest BCUT2D eigenvalue weighted by Gasteiger charge is 2.18. The summed E-state index contributed by atoms with van der Waals surface area (Å²) in [6, 6.07) is 1.66. The molecular formula is C13H17N3O3. The van der Waals surface area contributed by atoms with E-state index in [1.165, 1.54) is 6.20 Å². The van der Waals surface area contributed by atoms with Gasteiger partial charge in [-0.1, -0.05) is 0 Å². The average molecular weight is 263 g/mol. The summed E-state index contributed by atoms with van der Waals surface area (Å²) in [7, 11) is 0. The Morgan fingerprint density at radius 3 is 3.11 bits per heavy atom. The second-order valence-electron chi connectivity index (χ2n) is 4.24. The van der Waals surface area contributed by atoms with Crippen LogP contribution in [0.4, 0.5) is 5.69 Å². The molecule has 0 saturated carbocycles. The van der Waals surface area contributed by atoms with E-state index in [1.807, 2.05) is 13.0 Å². The summed E-state index contributed by atoms with van der Waals surface area (Å²) in [4.78, 5) is 19.1. The van der Waals surface area contributed by atoms with Crippen LogP contribution in [0, 0.1) is 0 Å². The molecule has 0 unspecified atom stereocenters. The smallest absolute Gasteiger partial charge is 0.341 e. The van der Waals surface area contributed by atoms with Crippen LogP contribution >= 0.6 is 0 Å². The molecule has 0 radical (unpaired) electrons. The summed E-state index contributed by atoms with van der Waals surface area (Å²) in [5, 5.41) is 13.1. The minimum absolute atomic E-state index is 0.0312. The SMILES string of the molecule is CCOC(=O)c1cnc2[nH]ccc2c1N[C@@H](C)CO. The van der Waals surface area contributed by atoms with Crippen LogP contribution in [0.1, 0.15) is 24.2 Å². The molecule has 2 rings (SSSR count). The molecule has 0 aromatic carbocycles. The predicted octanol–water partition coefficient (Wildman–Crippen LogP) is 1.53. The van der Waals surface area contributed by atoms with Crippen molar-refractivity contribution >= 4 is 22.7 Å². The van der Waals surface area contributed by atoms with Crippen LogP contribution in [0.15, 0.2) is 18.5 Å². The number of fused-ring (bicyclic) bond motifs is 1. The van der Waals surface area contributed by atoms with Crippen LogP contribution in [0.25, 0.3) is 11.0 Å². The Balaban J connectivity index is 2.49. The number of aliphatic hydroxyl groups is 1. The number of rotatable bonds is 5. The molecule has 2 aromatic rings. The summed E-state index contributed by atoms with van der Waals surface area (Å²) in [5.41, 5.74) is 1.68. The average Bonchev–Trinajstić information content (AvgIpc) is 2.87. The number of ether oxygens (including phenoxy) is 1. The number of aromatic amines is 1. The molecule has 0 spiro atoms. The molecule has 2 aromatic heterocycles. The zero-order valence-electron chi connectivity index (χ0n) is 10.9. The highest BCUT2D eigenvalue weighted by atomic mass is 16.5. The summed E-state index contributed by atoms with van der Waals surface area (Å²) in [6.07, 6.45) is 3.23. The maximum absolute atomic E-state index is 11.9. The van der Waals surface area contributed by atoms with E-state index < -0.39 is 5.97 Å². The van der Waals surface area contributed by atoms with Crippen LogP contribution in [0.3, 0.4) is 0 Å². The lowest BCUT2D eigenvalue weighted by Crippen LogP contribution is -2.21.